The quantitative estimate of drug-likeness (QED) is 0.582. The first-order chi connectivity index (χ1) is 15.0. The zero-order valence-electron chi connectivity index (χ0n) is 16.9. The van der Waals surface area contributed by atoms with Crippen LogP contribution in [0.25, 0.3) is 0 Å². The van der Waals surface area contributed by atoms with Gasteiger partial charge in [0, 0.05) is 29.8 Å². The van der Waals surface area contributed by atoms with Gasteiger partial charge in [-0.2, -0.15) is 0 Å². The van der Waals surface area contributed by atoms with E-state index in [4.69, 9.17) is 4.74 Å². The average Bonchev–Trinajstić information content (AvgIpc) is 3.52. The zero-order valence-corrected chi connectivity index (χ0v) is 16.9. The number of hydrogen-bond donors (Lipinski definition) is 2. The number of pyridine rings is 1. The summed E-state index contributed by atoms with van der Waals surface area (Å²) in [5, 5.41) is 4.89. The van der Waals surface area contributed by atoms with Crippen LogP contribution in [-0.4, -0.2) is 46.9 Å². The largest absolute Gasteiger partial charge is 0.497 e. The summed E-state index contributed by atoms with van der Waals surface area (Å²) in [6.45, 7) is 0.261. The Morgan fingerprint density at radius 1 is 1.26 bits per heavy atom. The van der Waals surface area contributed by atoms with Gasteiger partial charge in [0.25, 0.3) is 11.8 Å². The summed E-state index contributed by atoms with van der Waals surface area (Å²) in [4.78, 5) is 43.7. The lowest BCUT2D eigenvalue weighted by atomic mass is 9.98. The molecular weight excluding hydrogens is 396 g/mol. The highest BCUT2D eigenvalue weighted by molar-refractivity contribution is 6.10. The molecule has 4 amide bonds. The van der Waals surface area contributed by atoms with Gasteiger partial charge >= 0.3 is 6.03 Å². The molecule has 8 heteroatoms. The van der Waals surface area contributed by atoms with Gasteiger partial charge in [-0.15, -0.1) is 0 Å². The van der Waals surface area contributed by atoms with E-state index in [0.717, 1.165) is 29.7 Å². The standard InChI is InChI=1S/C23H20N4O4/c1-31-17-7-6-16-12-27(20(28)18(16)11-17)13-23(21(29)25-22(30)26-23)9-8-14-3-2-10-24-19(14)15-4-5-15/h2-3,6-7,10-11,15H,4-5,12-13H2,1H3,(H2,25,26,29,30)/t23-/m1/s1. The SMILES string of the molecule is COc1ccc2c(c1)C(=O)N(C[C@@]1(C#Cc3cccnc3C3CC3)NC(=O)NC1=O)C2. The van der Waals surface area contributed by atoms with Crippen LogP contribution in [0, 0.1) is 11.8 Å². The summed E-state index contributed by atoms with van der Waals surface area (Å²) in [5.41, 5.74) is 1.47. The first kappa shape index (κ1) is 19.1. The van der Waals surface area contributed by atoms with Crippen molar-refractivity contribution in [2.45, 2.75) is 30.8 Å². The molecule has 0 spiro atoms. The number of urea groups is 1. The predicted molar refractivity (Wildman–Crippen MR) is 110 cm³/mol. The molecule has 0 unspecified atom stereocenters. The van der Waals surface area contributed by atoms with E-state index >= 15 is 0 Å². The van der Waals surface area contributed by atoms with Gasteiger partial charge in [-0.3, -0.25) is 19.9 Å². The summed E-state index contributed by atoms with van der Waals surface area (Å²) in [7, 11) is 1.54. The lowest BCUT2D eigenvalue weighted by Gasteiger charge is -2.26. The van der Waals surface area contributed by atoms with Crippen LogP contribution in [0.15, 0.2) is 36.5 Å². The number of hydrogen-bond acceptors (Lipinski definition) is 5. The van der Waals surface area contributed by atoms with Crippen molar-refractivity contribution in [2.24, 2.45) is 0 Å². The Morgan fingerprint density at radius 2 is 2.10 bits per heavy atom. The van der Waals surface area contributed by atoms with Crippen molar-refractivity contribution in [1.82, 2.24) is 20.5 Å². The van der Waals surface area contributed by atoms with Gasteiger partial charge in [-0.25, -0.2) is 4.79 Å². The van der Waals surface area contributed by atoms with E-state index in [2.05, 4.69) is 27.5 Å². The van der Waals surface area contributed by atoms with E-state index in [1.807, 2.05) is 12.1 Å². The number of aromatic nitrogens is 1. The average molecular weight is 416 g/mol. The molecule has 8 nitrogen and oxygen atoms in total. The molecule has 1 aromatic carbocycles. The van der Waals surface area contributed by atoms with Crippen molar-refractivity contribution in [3.63, 3.8) is 0 Å². The number of benzene rings is 1. The van der Waals surface area contributed by atoms with Crippen LogP contribution in [0.1, 0.15) is 45.9 Å². The number of nitrogens with one attached hydrogen (secondary N) is 2. The summed E-state index contributed by atoms with van der Waals surface area (Å²) in [6, 6.07) is 8.33. The Labute approximate surface area is 179 Å². The topological polar surface area (TPSA) is 101 Å². The molecular formula is C23H20N4O4. The van der Waals surface area contributed by atoms with Gasteiger partial charge in [-0.05, 0) is 42.7 Å². The number of methoxy groups -OCH3 is 1. The molecule has 1 aromatic heterocycles. The summed E-state index contributed by atoms with van der Waals surface area (Å²) in [6.07, 6.45) is 3.86. The molecule has 2 aromatic rings. The van der Waals surface area contributed by atoms with Crippen LogP contribution in [0.2, 0.25) is 0 Å². The van der Waals surface area contributed by atoms with Crippen molar-refractivity contribution in [3.8, 4) is 17.6 Å². The van der Waals surface area contributed by atoms with E-state index in [1.165, 1.54) is 12.0 Å². The Bertz CT molecular complexity index is 1180. The van der Waals surface area contributed by atoms with Gasteiger partial charge in [0.1, 0.15) is 5.75 Å². The zero-order chi connectivity index (χ0) is 21.6. The van der Waals surface area contributed by atoms with E-state index in [9.17, 15) is 14.4 Å². The highest BCUT2D eigenvalue weighted by Crippen LogP contribution is 2.40. The molecule has 5 rings (SSSR count). The third kappa shape index (κ3) is 3.38. The Kier molecular flexibility index (Phi) is 4.40. The van der Waals surface area contributed by atoms with E-state index < -0.39 is 17.5 Å². The molecule has 31 heavy (non-hydrogen) atoms. The van der Waals surface area contributed by atoms with E-state index in [-0.39, 0.29) is 12.5 Å². The van der Waals surface area contributed by atoms with Crippen LogP contribution in [0.5, 0.6) is 5.75 Å². The molecule has 3 aliphatic rings. The smallest absolute Gasteiger partial charge is 0.323 e. The fourth-order valence-electron chi connectivity index (χ4n) is 3.99. The fourth-order valence-corrected chi connectivity index (χ4v) is 3.99. The number of nitrogens with zero attached hydrogens (tertiary/aromatic N) is 2. The maximum absolute atomic E-state index is 13.0. The molecule has 1 aliphatic carbocycles. The maximum atomic E-state index is 13.0. The third-order valence-corrected chi connectivity index (χ3v) is 5.78. The molecule has 2 fully saturated rings. The second kappa shape index (κ2) is 7.13. The van der Waals surface area contributed by atoms with Crippen molar-refractivity contribution < 1.29 is 19.1 Å². The van der Waals surface area contributed by atoms with Crippen molar-refractivity contribution in [1.29, 1.82) is 0 Å². The van der Waals surface area contributed by atoms with Crippen molar-refractivity contribution in [3.05, 3.63) is 58.9 Å². The van der Waals surface area contributed by atoms with Gasteiger partial charge in [0.2, 0.25) is 5.54 Å². The monoisotopic (exact) mass is 416 g/mol. The lowest BCUT2D eigenvalue weighted by molar-refractivity contribution is -0.122. The number of fused-ring (bicyclic) bond motifs is 1. The Morgan fingerprint density at radius 3 is 2.81 bits per heavy atom. The number of ether oxygens (including phenoxy) is 1. The number of carbonyl (C=O) groups is 3. The molecule has 2 N–H and O–H groups in total. The molecule has 3 heterocycles. The first-order valence-corrected chi connectivity index (χ1v) is 10.1. The number of carbonyl (C=O) groups excluding carboxylic acids is 3. The normalized spacial score (nSPS) is 21.8. The highest BCUT2D eigenvalue weighted by atomic mass is 16.5. The molecule has 0 bridgehead atoms. The second-order valence-electron chi connectivity index (χ2n) is 7.96. The first-order valence-electron chi connectivity index (χ1n) is 10.1. The van der Waals surface area contributed by atoms with Crippen LogP contribution < -0.4 is 15.4 Å². The van der Waals surface area contributed by atoms with E-state index in [1.54, 1.807) is 24.4 Å². The molecule has 0 radical (unpaired) electrons. The van der Waals surface area contributed by atoms with Gasteiger partial charge in [-0.1, -0.05) is 17.9 Å². The highest BCUT2D eigenvalue weighted by Gasteiger charge is 2.48. The summed E-state index contributed by atoms with van der Waals surface area (Å²) >= 11 is 0. The third-order valence-electron chi connectivity index (χ3n) is 5.78. The van der Waals surface area contributed by atoms with Crippen LogP contribution in [-0.2, 0) is 11.3 Å². The van der Waals surface area contributed by atoms with Crippen LogP contribution in [0.4, 0.5) is 4.79 Å². The van der Waals surface area contributed by atoms with Gasteiger partial charge in [0.05, 0.1) is 19.3 Å². The van der Waals surface area contributed by atoms with Gasteiger partial charge in [0.15, 0.2) is 0 Å². The predicted octanol–water partition coefficient (Wildman–Crippen LogP) is 1.55. The minimum absolute atomic E-state index is 0.0631. The molecule has 1 saturated heterocycles. The Hall–Kier alpha value is -3.86. The Balaban J connectivity index is 1.47. The fraction of sp³-hybridized carbons (Fsp3) is 0.304. The molecule has 1 atom stereocenters. The molecule has 1 saturated carbocycles. The minimum Gasteiger partial charge on any atom is -0.497 e. The maximum Gasteiger partial charge on any atom is 0.323 e. The van der Waals surface area contributed by atoms with E-state index in [0.29, 0.717) is 23.8 Å². The van der Waals surface area contributed by atoms with Crippen LogP contribution in [0.3, 0.4) is 0 Å². The number of imide groups is 1. The van der Waals surface area contributed by atoms with Gasteiger partial charge < -0.3 is 15.0 Å². The van der Waals surface area contributed by atoms with Crippen LogP contribution >= 0.6 is 0 Å². The second-order valence-corrected chi connectivity index (χ2v) is 7.96. The number of rotatable bonds is 4. The summed E-state index contributed by atoms with van der Waals surface area (Å²) < 4.78 is 5.21. The van der Waals surface area contributed by atoms with Crippen molar-refractivity contribution in [2.75, 3.05) is 13.7 Å². The molecule has 2 aliphatic heterocycles. The number of amides is 4. The molecule has 156 valence electrons. The van der Waals surface area contributed by atoms with Crippen molar-refractivity contribution >= 4 is 17.8 Å². The minimum atomic E-state index is -1.53. The summed E-state index contributed by atoms with van der Waals surface area (Å²) in [5.74, 6) is 6.18. The lowest BCUT2D eigenvalue weighted by Crippen LogP contribution is -2.54.